The van der Waals surface area contributed by atoms with Crippen molar-refractivity contribution in [2.45, 2.75) is 194 Å². The number of carboxylic acids is 1. The minimum absolute atomic E-state index is 0.00697. The van der Waals surface area contributed by atoms with Crippen LogP contribution in [0.25, 0.3) is 0 Å². The van der Waals surface area contributed by atoms with E-state index in [2.05, 4.69) is 13.8 Å². The van der Waals surface area contributed by atoms with E-state index in [1.54, 1.807) is 23.5 Å². The summed E-state index contributed by atoms with van der Waals surface area (Å²) in [5, 5.41) is 9.00. The van der Waals surface area contributed by atoms with Gasteiger partial charge in [-0.1, -0.05) is 155 Å². The normalized spacial score (nSPS) is 11.1. The molecule has 0 rings (SSSR count). The van der Waals surface area contributed by atoms with Gasteiger partial charge in [-0.25, -0.2) is 0 Å². The maximum absolute atomic E-state index is 12.7. The second kappa shape index (κ2) is 40.8. The smallest absolute Gasteiger partial charge is 0.307 e. The summed E-state index contributed by atoms with van der Waals surface area (Å²) in [4.78, 5) is 49.7. The molecular weight excluding hydrogens is 695 g/mol. The van der Waals surface area contributed by atoms with Crippen molar-refractivity contribution in [3.05, 3.63) is 0 Å². The number of thioether (sulfide) groups is 2. The van der Waals surface area contributed by atoms with Crippen LogP contribution in [0.15, 0.2) is 0 Å². The van der Waals surface area contributed by atoms with E-state index in [0.717, 1.165) is 23.0 Å². The average molecular weight is 774 g/mol. The zero-order valence-electron chi connectivity index (χ0n) is 33.6. The van der Waals surface area contributed by atoms with Gasteiger partial charge in [0.2, 0.25) is 5.91 Å². The van der Waals surface area contributed by atoms with Crippen molar-refractivity contribution in [2.24, 2.45) is 0 Å². The molecule has 0 aromatic rings. The Balaban J connectivity index is 3.93. The Labute approximate surface area is 327 Å². The molecule has 0 radical (unpaired) electrons. The number of carboxylic acid groups (broad SMARTS) is 1. The van der Waals surface area contributed by atoms with Crippen LogP contribution in [0.3, 0.4) is 0 Å². The maximum Gasteiger partial charge on any atom is 0.307 e. The summed E-state index contributed by atoms with van der Waals surface area (Å²) in [5.74, 6) is 1.38. The van der Waals surface area contributed by atoms with Gasteiger partial charge in [0.1, 0.15) is 13.2 Å². The molecule has 0 saturated carbocycles. The monoisotopic (exact) mass is 774 g/mol. The van der Waals surface area contributed by atoms with Gasteiger partial charge in [-0.2, -0.15) is 23.5 Å². The first kappa shape index (κ1) is 50.6. The number of amides is 1. The Bertz CT molecular complexity index is 793. The topological polar surface area (TPSA) is 110 Å². The predicted octanol–water partition coefficient (Wildman–Crippen LogP) is 11.4. The Morgan fingerprint density at radius 1 is 0.442 bits per heavy atom. The highest BCUT2D eigenvalue weighted by Gasteiger charge is 2.18. The van der Waals surface area contributed by atoms with Crippen molar-refractivity contribution < 1.29 is 33.8 Å². The van der Waals surface area contributed by atoms with Crippen molar-refractivity contribution in [1.82, 2.24) is 4.90 Å². The summed E-state index contributed by atoms with van der Waals surface area (Å²) in [6.45, 7) is 5.36. The van der Waals surface area contributed by atoms with Gasteiger partial charge < -0.3 is 19.5 Å². The van der Waals surface area contributed by atoms with E-state index in [1.807, 2.05) is 0 Å². The van der Waals surface area contributed by atoms with Gasteiger partial charge in [0, 0.05) is 31.0 Å². The van der Waals surface area contributed by atoms with Gasteiger partial charge in [-0.3, -0.25) is 19.2 Å². The second-order valence-corrected chi connectivity index (χ2v) is 16.7. The summed E-state index contributed by atoms with van der Waals surface area (Å²) >= 11 is 3.59. The molecule has 0 unspecified atom stereocenters. The third kappa shape index (κ3) is 38.3. The zero-order chi connectivity index (χ0) is 38.2. The second-order valence-electron chi connectivity index (χ2n) is 14.2. The Hall–Kier alpha value is -1.42. The van der Waals surface area contributed by atoms with Crippen LogP contribution in [-0.2, 0) is 28.7 Å². The Morgan fingerprint density at radius 3 is 1.10 bits per heavy atom. The fourth-order valence-electron chi connectivity index (χ4n) is 6.05. The molecular formula is C42H79NO7S2. The molecule has 0 atom stereocenters. The highest BCUT2D eigenvalue weighted by molar-refractivity contribution is 7.99. The molecule has 0 aliphatic carbocycles. The summed E-state index contributed by atoms with van der Waals surface area (Å²) in [7, 11) is 0. The fraction of sp³-hybridized carbons (Fsp3) is 0.905. The third-order valence-electron chi connectivity index (χ3n) is 9.34. The minimum Gasteiger partial charge on any atom is -0.481 e. The molecule has 1 amide bonds. The van der Waals surface area contributed by atoms with E-state index in [4.69, 9.17) is 14.6 Å². The summed E-state index contributed by atoms with van der Waals surface area (Å²) in [6, 6.07) is 0. The molecule has 0 spiro atoms. The van der Waals surface area contributed by atoms with Crippen molar-refractivity contribution >= 4 is 47.3 Å². The number of aliphatic carboxylic acids is 1. The molecule has 0 aliphatic heterocycles. The molecule has 0 fully saturated rings. The lowest BCUT2D eigenvalue weighted by Crippen LogP contribution is -2.35. The summed E-state index contributed by atoms with van der Waals surface area (Å²) < 4.78 is 10.7. The lowest BCUT2D eigenvalue weighted by molar-refractivity contribution is -0.146. The standard InChI is InChI=1S/C42H79NO7S2/c1-3-5-7-9-11-13-15-17-19-21-23-25-35-51-37-33-49-41(47)29-31-43(39(44)27-28-40(45)46)32-30-42(48)50-34-38-52-36-26-24-22-20-18-16-14-12-10-8-6-4-2/h3-38H2,1-2H3,(H,45,46). The van der Waals surface area contributed by atoms with Gasteiger partial charge in [-0.05, 0) is 24.3 Å². The molecule has 0 aromatic heterocycles. The number of unbranched alkanes of at least 4 members (excludes halogenated alkanes) is 22. The van der Waals surface area contributed by atoms with Crippen LogP contribution in [0.1, 0.15) is 194 Å². The lowest BCUT2D eigenvalue weighted by atomic mass is 10.1. The first-order valence-corrected chi connectivity index (χ1v) is 23.7. The molecule has 0 aliphatic rings. The van der Waals surface area contributed by atoms with Crippen molar-refractivity contribution in [3.63, 3.8) is 0 Å². The molecule has 0 bridgehead atoms. The van der Waals surface area contributed by atoms with Crippen molar-refractivity contribution in [3.8, 4) is 0 Å². The van der Waals surface area contributed by atoms with Crippen LogP contribution in [0.4, 0.5) is 0 Å². The van der Waals surface area contributed by atoms with Crippen LogP contribution < -0.4 is 0 Å². The molecule has 52 heavy (non-hydrogen) atoms. The largest absolute Gasteiger partial charge is 0.481 e. The zero-order valence-corrected chi connectivity index (χ0v) is 35.2. The number of hydrogen-bond donors (Lipinski definition) is 1. The van der Waals surface area contributed by atoms with Gasteiger partial charge >= 0.3 is 17.9 Å². The molecule has 0 saturated heterocycles. The highest BCUT2D eigenvalue weighted by atomic mass is 32.2. The predicted molar refractivity (Wildman–Crippen MR) is 221 cm³/mol. The lowest BCUT2D eigenvalue weighted by Gasteiger charge is -2.22. The number of hydrogen-bond acceptors (Lipinski definition) is 8. The van der Waals surface area contributed by atoms with Crippen LogP contribution in [0, 0.1) is 0 Å². The highest BCUT2D eigenvalue weighted by Crippen LogP contribution is 2.15. The molecule has 306 valence electrons. The van der Waals surface area contributed by atoms with Crippen LogP contribution in [-0.4, -0.2) is 83.1 Å². The average Bonchev–Trinajstić information content (AvgIpc) is 3.13. The number of esters is 2. The molecule has 0 heterocycles. The van der Waals surface area contributed by atoms with Crippen LogP contribution in [0.2, 0.25) is 0 Å². The number of ether oxygens (including phenoxy) is 2. The number of rotatable bonds is 41. The Kier molecular flexibility index (Phi) is 39.6. The fourth-order valence-corrected chi connectivity index (χ4v) is 7.68. The number of carbonyl (C=O) groups is 4. The molecule has 0 aromatic carbocycles. The van der Waals surface area contributed by atoms with E-state index in [0.29, 0.717) is 13.2 Å². The quantitative estimate of drug-likeness (QED) is 0.0479. The van der Waals surface area contributed by atoms with Gasteiger partial charge in [0.15, 0.2) is 0 Å². The molecule has 8 nitrogen and oxygen atoms in total. The summed E-state index contributed by atoms with van der Waals surface area (Å²) in [6.07, 6.45) is 31.6. The van der Waals surface area contributed by atoms with Crippen LogP contribution in [0.5, 0.6) is 0 Å². The van der Waals surface area contributed by atoms with E-state index in [9.17, 15) is 19.2 Å². The molecule has 10 heteroatoms. The third-order valence-corrected chi connectivity index (χ3v) is 11.4. The van der Waals surface area contributed by atoms with Gasteiger partial charge in [0.05, 0.1) is 19.3 Å². The number of carbonyl (C=O) groups excluding carboxylic acids is 3. The molecule has 1 N–H and O–H groups in total. The van der Waals surface area contributed by atoms with Crippen molar-refractivity contribution in [2.75, 3.05) is 49.3 Å². The van der Waals surface area contributed by atoms with Crippen LogP contribution >= 0.6 is 23.5 Å². The van der Waals surface area contributed by atoms with Gasteiger partial charge in [-0.15, -0.1) is 0 Å². The maximum atomic E-state index is 12.7. The van der Waals surface area contributed by atoms with Crippen molar-refractivity contribution in [1.29, 1.82) is 0 Å². The SMILES string of the molecule is CCCCCCCCCCCCCCSCCOC(=O)CCN(CCC(=O)OCCSCCCCCCCCCCCCCC)C(=O)CCC(=O)O. The minimum atomic E-state index is -1.06. The van der Waals surface area contributed by atoms with E-state index < -0.39 is 17.9 Å². The Morgan fingerprint density at radius 2 is 0.769 bits per heavy atom. The van der Waals surface area contributed by atoms with E-state index in [-0.39, 0.29) is 44.7 Å². The van der Waals surface area contributed by atoms with Gasteiger partial charge in [0.25, 0.3) is 0 Å². The summed E-state index contributed by atoms with van der Waals surface area (Å²) in [5.41, 5.74) is 0. The number of nitrogens with zero attached hydrogens (tertiary/aromatic N) is 1. The first-order chi connectivity index (χ1) is 25.4. The van der Waals surface area contributed by atoms with E-state index >= 15 is 0 Å². The first-order valence-electron chi connectivity index (χ1n) is 21.4. The van der Waals surface area contributed by atoms with E-state index in [1.165, 1.54) is 159 Å².